The molecule has 0 bridgehead atoms. The summed E-state index contributed by atoms with van der Waals surface area (Å²) in [5, 5.41) is 69.2. The van der Waals surface area contributed by atoms with Crippen molar-refractivity contribution in [1.29, 1.82) is 0 Å². The van der Waals surface area contributed by atoms with Crippen molar-refractivity contribution in [2.24, 2.45) is 0 Å². The third-order valence-electron chi connectivity index (χ3n) is 9.08. The van der Waals surface area contributed by atoms with E-state index in [0.29, 0.717) is 0 Å². The molecule has 0 saturated carbocycles. The first-order chi connectivity index (χ1) is 27.3. The summed E-state index contributed by atoms with van der Waals surface area (Å²) in [7, 11) is 0. The topological polar surface area (TPSA) is 272 Å². The van der Waals surface area contributed by atoms with Gasteiger partial charge in [-0.3, -0.25) is 0 Å². The van der Waals surface area contributed by atoms with E-state index in [-0.39, 0.29) is 138 Å². The van der Waals surface area contributed by atoms with Crippen LogP contribution in [0.4, 0.5) is 0 Å². The minimum Gasteiger partial charge on any atom is -0.548 e. The summed E-state index contributed by atoms with van der Waals surface area (Å²) in [4.78, 5) is 69.2. The van der Waals surface area contributed by atoms with Crippen LogP contribution in [0.15, 0.2) is 182 Å². The fourth-order valence-corrected chi connectivity index (χ4v) is 6.29. The minimum absolute atomic E-state index is 0. The predicted octanol–water partition coefficient (Wildman–Crippen LogP) is -2.41. The second-order valence-electron chi connectivity index (χ2n) is 12.2. The van der Waals surface area contributed by atoms with Gasteiger partial charge in [0.15, 0.2) is 0 Å². The number of aliphatic carboxylic acids is 6. The standard InChI is InChI=1S/3C15H12O4.2Eu.H2O/c3*16-13(17)15(14(18)19,11-7-3-1-4-8-11)12-9-5-2-6-10-12;;;/h3*1-10H,(H,16,17)(H,18,19);;;1H2/q;;;2*+3;/p-6. The quantitative estimate of drug-likeness (QED) is 0.116. The number of rotatable bonds is 12. The molecule has 0 spiro atoms. The molecule has 15 heteroatoms. The van der Waals surface area contributed by atoms with Crippen molar-refractivity contribution >= 4 is 35.8 Å². The monoisotopic (exact) mass is 1090 g/mol. The number of hydrogen-bond acceptors (Lipinski definition) is 12. The zero-order valence-corrected chi connectivity index (χ0v) is 35.8. The normalized spacial score (nSPS) is 10.4. The molecular weight excluding hydrogens is 1050 g/mol. The van der Waals surface area contributed by atoms with Crippen LogP contribution in [0.2, 0.25) is 0 Å². The van der Waals surface area contributed by atoms with E-state index in [0.717, 1.165) is 0 Å². The van der Waals surface area contributed by atoms with Gasteiger partial charge in [-0.1, -0.05) is 182 Å². The van der Waals surface area contributed by atoms with Gasteiger partial charge in [-0.2, -0.15) is 0 Å². The molecule has 0 unspecified atom stereocenters. The maximum Gasteiger partial charge on any atom is 3.00 e. The van der Waals surface area contributed by atoms with Crippen molar-refractivity contribution in [3.05, 3.63) is 215 Å². The van der Waals surface area contributed by atoms with Gasteiger partial charge in [0.2, 0.25) is 0 Å². The molecule has 0 saturated heterocycles. The molecule has 6 aromatic carbocycles. The first-order valence-corrected chi connectivity index (χ1v) is 16.9. The molecule has 0 fully saturated rings. The number of benzene rings is 6. The van der Waals surface area contributed by atoms with Gasteiger partial charge < -0.3 is 64.9 Å². The summed E-state index contributed by atoms with van der Waals surface area (Å²) >= 11 is 0. The Bertz CT molecular complexity index is 1880. The molecule has 6 aromatic rings. The van der Waals surface area contributed by atoms with Crippen LogP contribution >= 0.6 is 0 Å². The van der Waals surface area contributed by atoms with Crippen molar-refractivity contribution in [1.82, 2.24) is 0 Å². The number of hydrogen-bond donors (Lipinski definition) is 0. The average Bonchev–Trinajstić information content (AvgIpc) is 3.21. The Hall–Kier alpha value is -4.73. The molecule has 0 radical (unpaired) electrons. The van der Waals surface area contributed by atoms with Crippen LogP contribution in [0.1, 0.15) is 33.4 Å². The van der Waals surface area contributed by atoms with Crippen LogP contribution in [0.25, 0.3) is 0 Å². The largest absolute Gasteiger partial charge is 3.00 e. The van der Waals surface area contributed by atoms with E-state index < -0.39 is 52.1 Å². The van der Waals surface area contributed by atoms with Crippen molar-refractivity contribution < 1.29 is 164 Å². The second kappa shape index (κ2) is 24.5. The van der Waals surface area contributed by atoms with E-state index in [1.165, 1.54) is 72.8 Å². The molecule has 0 aliphatic rings. The molecule has 0 aromatic heterocycles. The third kappa shape index (κ3) is 11.0. The van der Waals surface area contributed by atoms with E-state index in [1.54, 1.807) is 109 Å². The molecule has 60 heavy (non-hydrogen) atoms. The van der Waals surface area contributed by atoms with Gasteiger partial charge in [0.1, 0.15) is 0 Å². The van der Waals surface area contributed by atoms with Crippen molar-refractivity contribution in [3.63, 3.8) is 0 Å². The third-order valence-corrected chi connectivity index (χ3v) is 9.08. The molecule has 0 aliphatic carbocycles. The van der Waals surface area contributed by atoms with Crippen LogP contribution < -0.4 is 30.6 Å². The summed E-state index contributed by atoms with van der Waals surface area (Å²) in [6.07, 6.45) is 0. The second-order valence-corrected chi connectivity index (χ2v) is 12.2. The summed E-state index contributed by atoms with van der Waals surface area (Å²) in [6, 6.07) is 46.0. The Labute approximate surface area is 425 Å². The Kier molecular flexibility index (Phi) is 21.8. The van der Waals surface area contributed by atoms with Crippen LogP contribution in [0.3, 0.4) is 0 Å². The van der Waals surface area contributed by atoms with Gasteiger partial charge >= 0.3 is 98.8 Å². The van der Waals surface area contributed by atoms with Crippen LogP contribution in [-0.2, 0) is 45.0 Å². The zero-order valence-electron chi connectivity index (χ0n) is 31.0. The first-order valence-electron chi connectivity index (χ1n) is 16.9. The van der Waals surface area contributed by atoms with Crippen LogP contribution in [-0.4, -0.2) is 41.3 Å². The van der Waals surface area contributed by atoms with Gasteiger partial charge in [0, 0.05) is 0 Å². The smallest absolute Gasteiger partial charge is 0.548 e. The Balaban J connectivity index is 0.000000439. The summed E-state index contributed by atoms with van der Waals surface area (Å²) in [5.74, 6) is -10.3. The molecule has 0 aliphatic heterocycles. The van der Waals surface area contributed by atoms with Crippen molar-refractivity contribution in [3.8, 4) is 0 Å². The molecule has 13 nitrogen and oxygen atoms in total. The van der Waals surface area contributed by atoms with E-state index in [1.807, 2.05) is 0 Å². The van der Waals surface area contributed by atoms with Crippen LogP contribution in [0.5, 0.6) is 0 Å². The summed E-state index contributed by atoms with van der Waals surface area (Å²) in [5.41, 5.74) is -6.32. The van der Waals surface area contributed by atoms with E-state index in [2.05, 4.69) is 0 Å². The van der Waals surface area contributed by atoms with Crippen LogP contribution in [0, 0.1) is 98.8 Å². The molecule has 304 valence electrons. The van der Waals surface area contributed by atoms with Gasteiger partial charge in [-0.05, 0) is 33.4 Å². The van der Waals surface area contributed by atoms with Gasteiger partial charge in [-0.15, -0.1) is 0 Å². The maximum atomic E-state index is 11.5. The minimum atomic E-state index is -2.30. The molecule has 0 heterocycles. The number of carboxylic acids is 6. The maximum absolute atomic E-state index is 11.5. The Morgan fingerprint density at radius 1 is 0.250 bits per heavy atom. The van der Waals surface area contributed by atoms with Gasteiger partial charge in [0.05, 0.1) is 52.1 Å². The van der Waals surface area contributed by atoms with E-state index in [9.17, 15) is 59.4 Å². The Morgan fingerprint density at radius 2 is 0.350 bits per heavy atom. The van der Waals surface area contributed by atoms with Gasteiger partial charge in [-0.25, -0.2) is 0 Å². The zero-order chi connectivity index (χ0) is 41.6. The summed E-state index contributed by atoms with van der Waals surface area (Å²) in [6.45, 7) is 0. The summed E-state index contributed by atoms with van der Waals surface area (Å²) < 4.78 is 0. The van der Waals surface area contributed by atoms with Crippen molar-refractivity contribution in [2.45, 2.75) is 16.2 Å². The first kappa shape index (κ1) is 53.3. The fourth-order valence-electron chi connectivity index (χ4n) is 6.29. The SMILES string of the molecule is O.O=C([O-])C(C(=O)[O-])(c1ccccc1)c1ccccc1.O=C([O-])C(C(=O)[O-])(c1ccccc1)c1ccccc1.O=C([O-])C(C(=O)[O-])(c1ccccc1)c1ccccc1.[Eu+3].[Eu+3]. The van der Waals surface area contributed by atoms with E-state index >= 15 is 0 Å². The fraction of sp³-hybridized carbons (Fsp3) is 0.0667. The number of carbonyl (C=O) groups is 6. The molecule has 0 atom stereocenters. The molecular formula is C45H32Eu2O13. The average molecular weight is 1080 g/mol. The van der Waals surface area contributed by atoms with Gasteiger partial charge in [0.25, 0.3) is 0 Å². The molecule has 0 amide bonds. The molecule has 6 rings (SSSR count). The predicted molar refractivity (Wildman–Crippen MR) is 195 cm³/mol. The number of carbonyl (C=O) groups excluding carboxylic acids is 6. The van der Waals surface area contributed by atoms with Crippen molar-refractivity contribution in [2.75, 3.05) is 0 Å². The van der Waals surface area contributed by atoms with E-state index in [4.69, 9.17) is 0 Å². The number of carboxylic acid groups (broad SMARTS) is 6. The molecule has 2 N–H and O–H groups in total. The Morgan fingerprint density at radius 3 is 0.433 bits per heavy atom.